The highest BCUT2D eigenvalue weighted by Gasteiger charge is 2.65. The van der Waals surface area contributed by atoms with Gasteiger partial charge in [0.15, 0.2) is 11.3 Å². The van der Waals surface area contributed by atoms with E-state index in [9.17, 15) is 4.79 Å². The third-order valence-electron chi connectivity index (χ3n) is 8.66. The van der Waals surface area contributed by atoms with Crippen molar-refractivity contribution in [1.82, 2.24) is 15.1 Å². The van der Waals surface area contributed by atoms with Gasteiger partial charge >= 0.3 is 0 Å². The number of nitrogens with zero attached hydrogens (tertiary/aromatic N) is 2. The van der Waals surface area contributed by atoms with E-state index < -0.39 is 0 Å². The molecule has 3 atom stereocenters. The van der Waals surface area contributed by atoms with Crippen LogP contribution in [0.4, 0.5) is 0 Å². The second-order valence-electron chi connectivity index (χ2n) is 10.7. The summed E-state index contributed by atoms with van der Waals surface area (Å²) in [7, 11) is 0. The zero-order chi connectivity index (χ0) is 24.0. The topological polar surface area (TPSA) is 60.1 Å². The number of hydrogen-bond donors (Lipinski definition) is 1. The molecule has 5 nitrogen and oxygen atoms in total. The van der Waals surface area contributed by atoms with Crippen LogP contribution in [-0.4, -0.2) is 21.2 Å². The maximum atomic E-state index is 13.8. The summed E-state index contributed by atoms with van der Waals surface area (Å²) >= 11 is 12.7. The standard InChI is InChI=1S/C27H27Cl2N3O2/c1-14-5-9-18-21(11-14)34-24-22(31-32(23(18)24)20-10-8-17(28)12-19(20)29)25(33)30-27-13-16(26(27,3)4)7-6-15(27)2/h5,8-12,15-16H,6-7,13H2,1-4H3,(H,30,33). The summed E-state index contributed by atoms with van der Waals surface area (Å²) in [6, 6.07) is 11.3. The molecule has 7 heteroatoms. The van der Waals surface area contributed by atoms with Crippen molar-refractivity contribution in [1.29, 1.82) is 0 Å². The molecule has 176 valence electrons. The molecular formula is C27H27Cl2N3O2. The van der Waals surface area contributed by atoms with Crippen molar-refractivity contribution >= 4 is 51.2 Å². The Kier molecular flexibility index (Phi) is 4.69. The normalized spacial score (nSPS) is 25.5. The van der Waals surface area contributed by atoms with Gasteiger partial charge in [0, 0.05) is 15.9 Å². The maximum Gasteiger partial charge on any atom is 0.276 e. The lowest BCUT2D eigenvalue weighted by Gasteiger charge is -2.68. The molecule has 4 aromatic rings. The molecule has 0 spiro atoms. The van der Waals surface area contributed by atoms with Crippen molar-refractivity contribution in [3.8, 4) is 5.69 Å². The minimum atomic E-state index is -0.233. The van der Waals surface area contributed by atoms with E-state index in [2.05, 4.69) is 26.1 Å². The summed E-state index contributed by atoms with van der Waals surface area (Å²) in [5.41, 5.74) is 3.73. The number of nitrogens with one attached hydrogen (secondary N) is 1. The molecule has 7 rings (SSSR count). The molecule has 0 saturated heterocycles. The highest BCUT2D eigenvalue weighted by atomic mass is 35.5. The SMILES string of the molecule is Cc1ccc2c(c1)oc1c(C(=O)NC34CC(CCC3C)C4(C)C)nn(-c3ccc(Cl)cc3Cl)c12. The fourth-order valence-corrected chi connectivity index (χ4v) is 6.95. The van der Waals surface area contributed by atoms with Crippen molar-refractivity contribution in [2.24, 2.45) is 17.3 Å². The Balaban J connectivity index is 1.53. The first-order valence-corrected chi connectivity index (χ1v) is 12.6. The summed E-state index contributed by atoms with van der Waals surface area (Å²) in [6.07, 6.45) is 3.37. The zero-order valence-corrected chi connectivity index (χ0v) is 21.2. The fourth-order valence-electron chi connectivity index (χ4n) is 6.47. The summed E-state index contributed by atoms with van der Waals surface area (Å²) < 4.78 is 7.96. The van der Waals surface area contributed by atoms with Crippen LogP contribution in [0.5, 0.6) is 0 Å². The number of aromatic nitrogens is 2. The number of furan rings is 1. The minimum absolute atomic E-state index is 0.0481. The Morgan fingerprint density at radius 1 is 1.18 bits per heavy atom. The van der Waals surface area contributed by atoms with E-state index in [1.807, 2.05) is 31.2 Å². The van der Waals surface area contributed by atoms with Crippen molar-refractivity contribution < 1.29 is 9.21 Å². The van der Waals surface area contributed by atoms with Crippen LogP contribution >= 0.6 is 23.2 Å². The molecule has 2 aromatic carbocycles. The number of carbonyl (C=O) groups is 1. The molecule has 34 heavy (non-hydrogen) atoms. The van der Waals surface area contributed by atoms with Gasteiger partial charge in [-0.25, -0.2) is 4.68 Å². The molecule has 1 N–H and O–H groups in total. The predicted molar refractivity (Wildman–Crippen MR) is 136 cm³/mol. The lowest BCUT2D eigenvalue weighted by atomic mass is 9.41. The Morgan fingerprint density at radius 2 is 1.97 bits per heavy atom. The second-order valence-corrected chi connectivity index (χ2v) is 11.5. The van der Waals surface area contributed by atoms with E-state index in [1.54, 1.807) is 16.8 Å². The van der Waals surface area contributed by atoms with Crippen molar-refractivity contribution in [3.05, 3.63) is 57.7 Å². The van der Waals surface area contributed by atoms with Gasteiger partial charge in [-0.3, -0.25) is 4.79 Å². The van der Waals surface area contributed by atoms with Gasteiger partial charge in [0.2, 0.25) is 0 Å². The van der Waals surface area contributed by atoms with E-state index in [1.165, 1.54) is 6.42 Å². The van der Waals surface area contributed by atoms with E-state index in [0.717, 1.165) is 29.3 Å². The number of amides is 1. The van der Waals surface area contributed by atoms with Crippen LogP contribution in [-0.2, 0) is 0 Å². The summed E-state index contributed by atoms with van der Waals surface area (Å²) in [5.74, 6) is 0.839. The number of hydrogen-bond acceptors (Lipinski definition) is 3. The number of aryl methyl sites for hydroxylation is 1. The van der Waals surface area contributed by atoms with Crippen molar-refractivity contribution in [3.63, 3.8) is 0 Å². The summed E-state index contributed by atoms with van der Waals surface area (Å²) in [4.78, 5) is 13.8. The van der Waals surface area contributed by atoms with E-state index >= 15 is 0 Å². The minimum Gasteiger partial charge on any atom is -0.452 e. The smallest absolute Gasteiger partial charge is 0.276 e. The first kappa shape index (κ1) is 22.0. The molecule has 2 heterocycles. The molecular weight excluding hydrogens is 469 g/mol. The Bertz CT molecular complexity index is 1480. The van der Waals surface area contributed by atoms with Gasteiger partial charge in [-0.15, -0.1) is 0 Å². The van der Waals surface area contributed by atoms with Gasteiger partial charge in [0.1, 0.15) is 11.1 Å². The highest BCUT2D eigenvalue weighted by molar-refractivity contribution is 6.35. The molecule has 2 bridgehead atoms. The fraction of sp³-hybridized carbons (Fsp3) is 0.407. The monoisotopic (exact) mass is 495 g/mol. The number of rotatable bonds is 3. The number of benzene rings is 2. The third-order valence-corrected chi connectivity index (χ3v) is 9.20. The van der Waals surface area contributed by atoms with Gasteiger partial charge in [-0.1, -0.05) is 50.0 Å². The van der Waals surface area contributed by atoms with Gasteiger partial charge in [0.05, 0.1) is 10.7 Å². The lowest BCUT2D eigenvalue weighted by Crippen LogP contribution is -2.74. The molecule has 3 saturated carbocycles. The van der Waals surface area contributed by atoms with Crippen LogP contribution in [0.3, 0.4) is 0 Å². The number of carbonyl (C=O) groups excluding carboxylic acids is 1. The van der Waals surface area contributed by atoms with E-state index in [4.69, 9.17) is 32.7 Å². The molecule has 0 aliphatic heterocycles. The zero-order valence-electron chi connectivity index (χ0n) is 19.7. The summed E-state index contributed by atoms with van der Waals surface area (Å²) in [5, 5.41) is 10.0. The third kappa shape index (κ3) is 2.86. The highest BCUT2D eigenvalue weighted by Crippen LogP contribution is 2.64. The molecule has 3 fully saturated rings. The maximum absolute atomic E-state index is 13.8. The first-order valence-electron chi connectivity index (χ1n) is 11.8. The van der Waals surface area contributed by atoms with Gasteiger partial charge < -0.3 is 9.73 Å². The molecule has 3 aliphatic carbocycles. The average molecular weight is 496 g/mol. The van der Waals surface area contributed by atoms with Crippen molar-refractivity contribution in [2.45, 2.75) is 52.5 Å². The van der Waals surface area contributed by atoms with Crippen LogP contribution in [0, 0.1) is 24.2 Å². The van der Waals surface area contributed by atoms with Crippen molar-refractivity contribution in [2.75, 3.05) is 0 Å². The Hall–Kier alpha value is -2.50. The molecule has 0 radical (unpaired) electrons. The van der Waals surface area contributed by atoms with Crippen LogP contribution in [0.15, 0.2) is 40.8 Å². The predicted octanol–water partition coefficient (Wildman–Crippen LogP) is 7.33. The van der Waals surface area contributed by atoms with Crippen LogP contribution in [0.2, 0.25) is 10.0 Å². The first-order chi connectivity index (χ1) is 16.1. The van der Waals surface area contributed by atoms with Crippen LogP contribution in [0.1, 0.15) is 56.1 Å². The average Bonchev–Trinajstić information content (AvgIpc) is 3.31. The Labute approximate surface area is 208 Å². The van der Waals surface area contributed by atoms with Gasteiger partial charge in [-0.2, -0.15) is 5.10 Å². The molecule has 3 aliphatic rings. The van der Waals surface area contributed by atoms with Crippen LogP contribution < -0.4 is 5.32 Å². The van der Waals surface area contributed by atoms with E-state index in [-0.39, 0.29) is 22.6 Å². The quantitative estimate of drug-likeness (QED) is 0.323. The Morgan fingerprint density at radius 3 is 2.68 bits per heavy atom. The van der Waals surface area contributed by atoms with Crippen LogP contribution in [0.25, 0.3) is 27.8 Å². The number of halogens is 2. The molecule has 3 unspecified atom stereocenters. The number of fused-ring (bicyclic) bond motifs is 5. The molecule has 1 amide bonds. The van der Waals surface area contributed by atoms with E-state index in [0.29, 0.717) is 38.7 Å². The van der Waals surface area contributed by atoms with Gasteiger partial charge in [-0.05, 0) is 79.3 Å². The largest absolute Gasteiger partial charge is 0.452 e. The second kappa shape index (κ2) is 7.25. The van der Waals surface area contributed by atoms with Gasteiger partial charge in [0.25, 0.3) is 5.91 Å². The summed E-state index contributed by atoms with van der Waals surface area (Å²) in [6.45, 7) is 8.83. The lowest BCUT2D eigenvalue weighted by molar-refractivity contribution is -0.140. The molecule has 2 aromatic heterocycles.